The van der Waals surface area contributed by atoms with Crippen molar-refractivity contribution in [2.45, 2.75) is 20.4 Å². The third kappa shape index (κ3) is 1.45. The normalized spacial score (nSPS) is 16.8. The Bertz CT molecular complexity index is 421. The lowest BCUT2D eigenvalue weighted by Crippen LogP contribution is -2.31. The minimum atomic E-state index is -0.216. The summed E-state index contributed by atoms with van der Waals surface area (Å²) in [4.78, 5) is 24.6. The average molecular weight is 205 g/mol. The number of carbonyl (C=O) groups is 2. The summed E-state index contributed by atoms with van der Waals surface area (Å²) in [6.07, 6.45) is 1.59. The fourth-order valence-electron chi connectivity index (χ4n) is 1.50. The number of H-pyrrole nitrogens is 1. The van der Waals surface area contributed by atoms with Crippen molar-refractivity contribution in [3.8, 4) is 0 Å². The molecule has 78 valence electrons. The van der Waals surface area contributed by atoms with Crippen molar-refractivity contribution in [2.24, 2.45) is 0 Å². The number of rotatable bonds is 2. The SMILES string of the molecule is CC1=C(C)C(=O)N(Cc2ccn[nH]2)C1=O. The molecule has 0 aliphatic carbocycles. The van der Waals surface area contributed by atoms with E-state index in [0.717, 1.165) is 5.69 Å². The molecule has 1 aliphatic rings. The Balaban J connectivity index is 2.21. The summed E-state index contributed by atoms with van der Waals surface area (Å²) in [7, 11) is 0. The van der Waals surface area contributed by atoms with E-state index < -0.39 is 0 Å². The van der Waals surface area contributed by atoms with Crippen LogP contribution in [0.1, 0.15) is 19.5 Å². The third-order valence-electron chi connectivity index (χ3n) is 2.58. The van der Waals surface area contributed by atoms with E-state index >= 15 is 0 Å². The summed E-state index contributed by atoms with van der Waals surface area (Å²) in [6.45, 7) is 3.59. The minimum absolute atomic E-state index is 0.216. The van der Waals surface area contributed by atoms with Crippen LogP contribution in [-0.4, -0.2) is 26.9 Å². The van der Waals surface area contributed by atoms with Crippen LogP contribution in [0.25, 0.3) is 0 Å². The second-order valence-corrected chi connectivity index (χ2v) is 3.53. The molecule has 2 amide bonds. The van der Waals surface area contributed by atoms with Gasteiger partial charge < -0.3 is 0 Å². The molecular formula is C10H11N3O2. The van der Waals surface area contributed by atoms with Gasteiger partial charge in [0.2, 0.25) is 0 Å². The molecule has 0 aromatic carbocycles. The number of carbonyl (C=O) groups excluding carboxylic acids is 2. The molecule has 0 radical (unpaired) electrons. The Kier molecular flexibility index (Phi) is 2.15. The zero-order valence-corrected chi connectivity index (χ0v) is 8.57. The van der Waals surface area contributed by atoms with E-state index in [9.17, 15) is 9.59 Å². The molecule has 0 saturated carbocycles. The van der Waals surface area contributed by atoms with Gasteiger partial charge in [-0.25, -0.2) is 0 Å². The number of aromatic nitrogens is 2. The van der Waals surface area contributed by atoms with Gasteiger partial charge >= 0.3 is 0 Å². The van der Waals surface area contributed by atoms with E-state index in [0.29, 0.717) is 11.1 Å². The molecule has 0 spiro atoms. The molecule has 0 atom stereocenters. The summed E-state index contributed by atoms with van der Waals surface area (Å²) >= 11 is 0. The number of hydrogen-bond donors (Lipinski definition) is 1. The first-order valence-corrected chi connectivity index (χ1v) is 4.63. The van der Waals surface area contributed by atoms with E-state index in [4.69, 9.17) is 0 Å². The highest BCUT2D eigenvalue weighted by Gasteiger charge is 2.33. The second kappa shape index (κ2) is 3.34. The number of nitrogens with one attached hydrogen (secondary N) is 1. The lowest BCUT2D eigenvalue weighted by molar-refractivity contribution is -0.138. The van der Waals surface area contributed by atoms with Crippen molar-refractivity contribution in [1.29, 1.82) is 0 Å². The second-order valence-electron chi connectivity index (χ2n) is 3.53. The van der Waals surface area contributed by atoms with Crippen LogP contribution in [-0.2, 0) is 16.1 Å². The molecule has 1 aromatic heterocycles. The maximum atomic E-state index is 11.7. The quantitative estimate of drug-likeness (QED) is 0.719. The first kappa shape index (κ1) is 9.64. The number of imide groups is 1. The lowest BCUT2D eigenvalue weighted by atomic mass is 10.2. The lowest BCUT2D eigenvalue weighted by Gasteiger charge is -2.12. The molecule has 2 rings (SSSR count). The van der Waals surface area contributed by atoms with E-state index in [2.05, 4.69) is 10.2 Å². The van der Waals surface area contributed by atoms with Gasteiger partial charge in [-0.3, -0.25) is 19.6 Å². The molecule has 0 unspecified atom stereocenters. The fourth-order valence-corrected chi connectivity index (χ4v) is 1.50. The highest BCUT2D eigenvalue weighted by Crippen LogP contribution is 2.21. The Labute approximate surface area is 86.8 Å². The summed E-state index contributed by atoms with van der Waals surface area (Å²) < 4.78 is 0. The molecule has 1 aromatic rings. The number of hydrogen-bond acceptors (Lipinski definition) is 3. The molecule has 5 nitrogen and oxygen atoms in total. The smallest absolute Gasteiger partial charge is 0.257 e. The van der Waals surface area contributed by atoms with Gasteiger partial charge in [-0.05, 0) is 19.9 Å². The Morgan fingerprint density at radius 1 is 1.27 bits per heavy atom. The first-order valence-electron chi connectivity index (χ1n) is 4.63. The van der Waals surface area contributed by atoms with Crippen LogP contribution in [0.4, 0.5) is 0 Å². The van der Waals surface area contributed by atoms with Gasteiger partial charge in [0, 0.05) is 17.3 Å². The molecular weight excluding hydrogens is 194 g/mol. The molecule has 1 N–H and O–H groups in total. The predicted molar refractivity (Wildman–Crippen MR) is 52.5 cm³/mol. The zero-order valence-electron chi connectivity index (χ0n) is 8.57. The van der Waals surface area contributed by atoms with Gasteiger partial charge in [0.15, 0.2) is 0 Å². The molecule has 0 fully saturated rings. The maximum Gasteiger partial charge on any atom is 0.257 e. The van der Waals surface area contributed by atoms with Crippen LogP contribution < -0.4 is 0 Å². The first-order chi connectivity index (χ1) is 7.11. The van der Waals surface area contributed by atoms with E-state index in [1.165, 1.54) is 4.90 Å². The van der Waals surface area contributed by atoms with E-state index in [-0.39, 0.29) is 18.4 Å². The van der Waals surface area contributed by atoms with Gasteiger partial charge in [0.1, 0.15) is 0 Å². The van der Waals surface area contributed by atoms with Gasteiger partial charge in [-0.2, -0.15) is 5.10 Å². The highest BCUT2D eigenvalue weighted by molar-refractivity contribution is 6.18. The van der Waals surface area contributed by atoms with Crippen LogP contribution in [0.15, 0.2) is 23.4 Å². The molecule has 1 aliphatic heterocycles. The van der Waals surface area contributed by atoms with Crippen LogP contribution in [0.5, 0.6) is 0 Å². The monoisotopic (exact) mass is 205 g/mol. The van der Waals surface area contributed by atoms with Crippen molar-refractivity contribution in [3.63, 3.8) is 0 Å². The van der Waals surface area contributed by atoms with Crippen molar-refractivity contribution in [3.05, 3.63) is 29.1 Å². The largest absolute Gasteiger partial charge is 0.281 e. The van der Waals surface area contributed by atoms with Crippen molar-refractivity contribution < 1.29 is 9.59 Å². The maximum absolute atomic E-state index is 11.7. The molecule has 5 heteroatoms. The molecule has 0 saturated heterocycles. The van der Waals surface area contributed by atoms with Gasteiger partial charge in [0.05, 0.1) is 12.2 Å². The number of aromatic amines is 1. The highest BCUT2D eigenvalue weighted by atomic mass is 16.2. The van der Waals surface area contributed by atoms with Crippen molar-refractivity contribution >= 4 is 11.8 Å². The van der Waals surface area contributed by atoms with Crippen molar-refractivity contribution in [2.75, 3.05) is 0 Å². The van der Waals surface area contributed by atoms with Crippen LogP contribution in [0.2, 0.25) is 0 Å². The topological polar surface area (TPSA) is 66.1 Å². The van der Waals surface area contributed by atoms with Crippen LogP contribution in [0, 0.1) is 0 Å². The molecule has 15 heavy (non-hydrogen) atoms. The summed E-state index contributed by atoms with van der Waals surface area (Å²) in [5.41, 5.74) is 1.80. The molecule has 2 heterocycles. The Hall–Kier alpha value is -1.91. The Morgan fingerprint density at radius 3 is 2.33 bits per heavy atom. The van der Waals surface area contributed by atoms with E-state index in [1.807, 2.05) is 0 Å². The van der Waals surface area contributed by atoms with Crippen molar-refractivity contribution in [1.82, 2.24) is 15.1 Å². The minimum Gasteiger partial charge on any atom is -0.281 e. The Morgan fingerprint density at radius 2 is 1.87 bits per heavy atom. The number of amides is 2. The van der Waals surface area contributed by atoms with Crippen LogP contribution in [0.3, 0.4) is 0 Å². The average Bonchev–Trinajstić information content (AvgIpc) is 2.79. The summed E-state index contributed by atoms with van der Waals surface area (Å²) in [5.74, 6) is -0.431. The summed E-state index contributed by atoms with van der Waals surface area (Å²) in [6, 6.07) is 1.74. The van der Waals surface area contributed by atoms with E-state index in [1.54, 1.807) is 26.1 Å². The predicted octanol–water partition coefficient (Wildman–Crippen LogP) is 0.615. The standard InChI is InChI=1S/C10H11N3O2/c1-6-7(2)10(15)13(9(6)14)5-8-3-4-11-12-8/h3-4H,5H2,1-2H3,(H,11,12). The summed E-state index contributed by atoms with van der Waals surface area (Å²) in [5, 5.41) is 6.48. The van der Waals surface area contributed by atoms with Gasteiger partial charge in [-0.15, -0.1) is 0 Å². The van der Waals surface area contributed by atoms with Gasteiger partial charge in [0.25, 0.3) is 11.8 Å². The van der Waals surface area contributed by atoms with Gasteiger partial charge in [-0.1, -0.05) is 0 Å². The van der Waals surface area contributed by atoms with Crippen LogP contribution >= 0.6 is 0 Å². The third-order valence-corrected chi connectivity index (χ3v) is 2.58. The fraction of sp³-hybridized carbons (Fsp3) is 0.300. The molecule has 0 bridgehead atoms. The zero-order chi connectivity index (χ0) is 11.0. The number of nitrogens with zero attached hydrogens (tertiary/aromatic N) is 2.